The summed E-state index contributed by atoms with van der Waals surface area (Å²) in [7, 11) is 1.32. The second-order valence-electron chi connectivity index (χ2n) is 5.12. The molecular weight excluding hydrogens is 262 g/mol. The highest BCUT2D eigenvalue weighted by atomic mass is 16.6. The molecule has 0 saturated heterocycles. The van der Waals surface area contributed by atoms with Crippen LogP contribution in [-0.4, -0.2) is 50.4 Å². The lowest BCUT2D eigenvalue weighted by Crippen LogP contribution is -2.44. The second kappa shape index (κ2) is 9.55. The van der Waals surface area contributed by atoms with Gasteiger partial charge in [-0.05, 0) is 33.4 Å². The zero-order valence-electron chi connectivity index (χ0n) is 12.8. The molecule has 7 nitrogen and oxygen atoms in total. The number of carbonyl (C=O) groups excluding carboxylic acids is 2. The highest BCUT2D eigenvalue weighted by Gasteiger charge is 2.23. The van der Waals surface area contributed by atoms with Crippen LogP contribution in [0.4, 0.5) is 4.79 Å². The highest BCUT2D eigenvalue weighted by molar-refractivity contribution is 5.72. The van der Waals surface area contributed by atoms with Crippen molar-refractivity contribution >= 4 is 12.1 Å². The van der Waals surface area contributed by atoms with Crippen molar-refractivity contribution in [1.29, 1.82) is 0 Å². The Hall–Kier alpha value is -1.34. The van der Waals surface area contributed by atoms with Gasteiger partial charge in [-0.1, -0.05) is 6.92 Å². The van der Waals surface area contributed by atoms with Gasteiger partial charge in [-0.25, -0.2) is 4.79 Å². The lowest BCUT2D eigenvalue weighted by molar-refractivity contribution is -0.141. The van der Waals surface area contributed by atoms with Gasteiger partial charge in [-0.15, -0.1) is 0 Å². The fourth-order valence-electron chi connectivity index (χ4n) is 1.45. The first-order valence-electron chi connectivity index (χ1n) is 6.81. The number of amides is 1. The summed E-state index contributed by atoms with van der Waals surface area (Å²) in [4.78, 5) is 23.1. The normalized spacial score (nSPS) is 12.7. The van der Waals surface area contributed by atoms with Crippen LogP contribution in [-0.2, 0) is 14.3 Å². The minimum Gasteiger partial charge on any atom is -0.469 e. The standard InChI is InChI=1S/C13H27N3O4/c1-5-15-7-6-10(8-11(17)19-4)16-12(18)20-13(2,3)9-14/h10,15H,5-9,14H2,1-4H3,(H,16,18). The summed E-state index contributed by atoms with van der Waals surface area (Å²) in [5, 5.41) is 5.81. The largest absolute Gasteiger partial charge is 0.469 e. The van der Waals surface area contributed by atoms with Crippen LogP contribution in [0.3, 0.4) is 0 Å². The Kier molecular flexibility index (Phi) is 8.91. The van der Waals surface area contributed by atoms with Crippen molar-refractivity contribution in [3.05, 3.63) is 0 Å². The molecule has 0 aliphatic carbocycles. The molecule has 7 heteroatoms. The fraction of sp³-hybridized carbons (Fsp3) is 0.846. The van der Waals surface area contributed by atoms with Crippen LogP contribution in [0.25, 0.3) is 0 Å². The Morgan fingerprint density at radius 2 is 2.00 bits per heavy atom. The Labute approximate surface area is 120 Å². The molecule has 1 amide bonds. The number of nitrogens with one attached hydrogen (secondary N) is 2. The molecule has 0 rings (SSSR count). The zero-order chi connectivity index (χ0) is 15.6. The van der Waals surface area contributed by atoms with E-state index >= 15 is 0 Å². The summed E-state index contributed by atoms with van der Waals surface area (Å²) >= 11 is 0. The molecule has 0 spiro atoms. The fourth-order valence-corrected chi connectivity index (χ4v) is 1.45. The van der Waals surface area contributed by atoms with E-state index in [0.29, 0.717) is 13.0 Å². The molecule has 20 heavy (non-hydrogen) atoms. The van der Waals surface area contributed by atoms with Crippen molar-refractivity contribution in [3.8, 4) is 0 Å². The number of ether oxygens (including phenoxy) is 2. The summed E-state index contributed by atoms with van der Waals surface area (Å²) < 4.78 is 9.81. The predicted molar refractivity (Wildman–Crippen MR) is 76.3 cm³/mol. The molecule has 4 N–H and O–H groups in total. The molecule has 0 aliphatic rings. The first kappa shape index (κ1) is 18.7. The minimum absolute atomic E-state index is 0.111. The van der Waals surface area contributed by atoms with Crippen molar-refractivity contribution in [2.24, 2.45) is 5.73 Å². The molecule has 0 aromatic heterocycles. The summed E-state index contributed by atoms with van der Waals surface area (Å²) in [6.45, 7) is 7.18. The second-order valence-corrected chi connectivity index (χ2v) is 5.12. The van der Waals surface area contributed by atoms with Gasteiger partial charge >= 0.3 is 12.1 Å². The van der Waals surface area contributed by atoms with Gasteiger partial charge in [0.25, 0.3) is 0 Å². The molecule has 1 atom stereocenters. The number of rotatable bonds is 9. The molecule has 118 valence electrons. The van der Waals surface area contributed by atoms with E-state index in [0.717, 1.165) is 6.54 Å². The van der Waals surface area contributed by atoms with E-state index in [1.807, 2.05) is 6.92 Å². The third-order valence-electron chi connectivity index (χ3n) is 2.74. The number of carbonyl (C=O) groups is 2. The molecule has 0 aromatic rings. The number of esters is 1. The van der Waals surface area contributed by atoms with Gasteiger partial charge in [0.15, 0.2) is 0 Å². The molecular formula is C13H27N3O4. The molecule has 0 fully saturated rings. The molecule has 0 aromatic carbocycles. The van der Waals surface area contributed by atoms with E-state index in [-0.39, 0.29) is 25.0 Å². The first-order valence-corrected chi connectivity index (χ1v) is 6.81. The van der Waals surface area contributed by atoms with E-state index < -0.39 is 11.7 Å². The van der Waals surface area contributed by atoms with Crippen LogP contribution in [0.5, 0.6) is 0 Å². The third-order valence-corrected chi connectivity index (χ3v) is 2.74. The molecule has 0 saturated carbocycles. The van der Waals surface area contributed by atoms with Crippen LogP contribution in [0.15, 0.2) is 0 Å². The average molecular weight is 289 g/mol. The Bertz CT molecular complexity index is 308. The van der Waals surface area contributed by atoms with Crippen molar-refractivity contribution in [2.45, 2.75) is 45.3 Å². The number of nitrogens with two attached hydrogens (primary N) is 1. The molecule has 0 heterocycles. The molecule has 0 radical (unpaired) electrons. The van der Waals surface area contributed by atoms with Gasteiger partial charge in [0.05, 0.1) is 13.5 Å². The van der Waals surface area contributed by atoms with Crippen LogP contribution in [0.1, 0.15) is 33.6 Å². The van der Waals surface area contributed by atoms with Gasteiger partial charge in [0.1, 0.15) is 5.60 Å². The van der Waals surface area contributed by atoms with Crippen LogP contribution >= 0.6 is 0 Å². The van der Waals surface area contributed by atoms with Gasteiger partial charge < -0.3 is 25.8 Å². The van der Waals surface area contributed by atoms with E-state index in [1.54, 1.807) is 13.8 Å². The number of hydrogen-bond donors (Lipinski definition) is 3. The maximum Gasteiger partial charge on any atom is 0.407 e. The zero-order valence-corrected chi connectivity index (χ0v) is 12.8. The maximum atomic E-state index is 11.8. The van der Waals surface area contributed by atoms with Gasteiger partial charge in [0.2, 0.25) is 0 Å². The number of alkyl carbamates (subject to hydrolysis) is 1. The number of methoxy groups -OCH3 is 1. The van der Waals surface area contributed by atoms with E-state index in [4.69, 9.17) is 10.5 Å². The molecule has 0 aliphatic heterocycles. The van der Waals surface area contributed by atoms with Crippen LogP contribution < -0.4 is 16.4 Å². The highest BCUT2D eigenvalue weighted by Crippen LogP contribution is 2.08. The third kappa shape index (κ3) is 8.71. The summed E-state index contributed by atoms with van der Waals surface area (Å²) in [5.74, 6) is -0.370. The van der Waals surface area contributed by atoms with E-state index in [2.05, 4.69) is 15.4 Å². The molecule has 0 bridgehead atoms. The smallest absolute Gasteiger partial charge is 0.407 e. The van der Waals surface area contributed by atoms with Crippen molar-refractivity contribution in [3.63, 3.8) is 0 Å². The predicted octanol–water partition coefficient (Wildman–Crippen LogP) is 0.381. The molecule has 1 unspecified atom stereocenters. The van der Waals surface area contributed by atoms with Crippen LogP contribution in [0, 0.1) is 0 Å². The van der Waals surface area contributed by atoms with Gasteiger partial charge in [-0.2, -0.15) is 0 Å². The van der Waals surface area contributed by atoms with E-state index in [1.165, 1.54) is 7.11 Å². The Morgan fingerprint density at radius 1 is 1.35 bits per heavy atom. The Morgan fingerprint density at radius 3 is 2.50 bits per heavy atom. The van der Waals surface area contributed by atoms with E-state index in [9.17, 15) is 9.59 Å². The summed E-state index contributed by atoms with van der Waals surface area (Å²) in [6.07, 6.45) is 0.145. The Balaban J connectivity index is 4.38. The van der Waals surface area contributed by atoms with Crippen LogP contribution in [0.2, 0.25) is 0 Å². The number of hydrogen-bond acceptors (Lipinski definition) is 6. The minimum atomic E-state index is -0.735. The summed E-state index contributed by atoms with van der Waals surface area (Å²) in [5.41, 5.74) is 4.76. The van der Waals surface area contributed by atoms with Crippen molar-refractivity contribution in [2.75, 3.05) is 26.7 Å². The van der Waals surface area contributed by atoms with Gasteiger partial charge in [0, 0.05) is 12.6 Å². The van der Waals surface area contributed by atoms with Crippen molar-refractivity contribution in [1.82, 2.24) is 10.6 Å². The monoisotopic (exact) mass is 289 g/mol. The van der Waals surface area contributed by atoms with Gasteiger partial charge in [-0.3, -0.25) is 4.79 Å². The lowest BCUT2D eigenvalue weighted by Gasteiger charge is -2.25. The maximum absolute atomic E-state index is 11.8. The SMILES string of the molecule is CCNCCC(CC(=O)OC)NC(=O)OC(C)(C)CN. The average Bonchev–Trinajstić information content (AvgIpc) is 2.38. The summed E-state index contributed by atoms with van der Waals surface area (Å²) in [6, 6.07) is -0.331. The topological polar surface area (TPSA) is 103 Å². The van der Waals surface area contributed by atoms with Crippen molar-refractivity contribution < 1.29 is 19.1 Å². The first-order chi connectivity index (χ1) is 9.34. The quantitative estimate of drug-likeness (QED) is 0.419. The lowest BCUT2D eigenvalue weighted by atomic mass is 10.1.